The molecule has 2 N–H and O–H groups in total. The summed E-state index contributed by atoms with van der Waals surface area (Å²) in [6, 6.07) is 6.29. The van der Waals surface area contributed by atoms with Crippen LogP contribution >= 0.6 is 0 Å². The van der Waals surface area contributed by atoms with Crippen LogP contribution in [0, 0.1) is 18.6 Å². The van der Waals surface area contributed by atoms with Gasteiger partial charge in [-0.2, -0.15) is 0 Å². The Morgan fingerprint density at radius 3 is 2.68 bits per heavy atom. The predicted octanol–water partition coefficient (Wildman–Crippen LogP) is 3.02. The van der Waals surface area contributed by atoms with Gasteiger partial charge in [-0.25, -0.2) is 13.8 Å². The first-order valence-corrected chi connectivity index (χ1v) is 9.99. The van der Waals surface area contributed by atoms with E-state index in [2.05, 4.69) is 10.3 Å². The van der Waals surface area contributed by atoms with Gasteiger partial charge in [-0.3, -0.25) is 9.20 Å². The highest BCUT2D eigenvalue weighted by atomic mass is 19.1. The molecule has 0 radical (unpaired) electrons. The van der Waals surface area contributed by atoms with E-state index < -0.39 is 23.6 Å². The highest BCUT2D eigenvalue weighted by Gasteiger charge is 2.21. The summed E-state index contributed by atoms with van der Waals surface area (Å²) in [5.74, 6) is -1.56. The van der Waals surface area contributed by atoms with Crippen molar-refractivity contribution in [2.24, 2.45) is 0 Å². The summed E-state index contributed by atoms with van der Waals surface area (Å²) < 4.78 is 40.3. The van der Waals surface area contributed by atoms with Crippen molar-refractivity contribution in [1.29, 1.82) is 0 Å². The molecule has 0 saturated carbocycles. The number of aromatic nitrogens is 2. The first-order valence-electron chi connectivity index (χ1n) is 9.99. The molecule has 1 unspecified atom stereocenters. The lowest BCUT2D eigenvalue weighted by Crippen LogP contribution is -2.41. The SMILES string of the molecule is CCCOCC(CO)NC(=O)c1c(C)nc2c(OCc3c(F)cccc3F)cccn12. The summed E-state index contributed by atoms with van der Waals surface area (Å²) in [4.78, 5) is 17.2. The van der Waals surface area contributed by atoms with E-state index in [1.165, 1.54) is 6.07 Å². The van der Waals surface area contributed by atoms with E-state index in [1.807, 2.05) is 6.92 Å². The summed E-state index contributed by atoms with van der Waals surface area (Å²) in [5, 5.41) is 12.3. The van der Waals surface area contributed by atoms with E-state index in [4.69, 9.17) is 9.47 Å². The highest BCUT2D eigenvalue weighted by Crippen LogP contribution is 2.24. The minimum absolute atomic E-state index is 0.189. The number of nitrogens with zero attached hydrogens (tertiary/aromatic N) is 2. The van der Waals surface area contributed by atoms with Gasteiger partial charge in [0, 0.05) is 12.8 Å². The molecule has 2 heterocycles. The van der Waals surface area contributed by atoms with E-state index in [1.54, 1.807) is 29.7 Å². The second-order valence-corrected chi connectivity index (χ2v) is 7.03. The van der Waals surface area contributed by atoms with Gasteiger partial charge in [-0.05, 0) is 37.6 Å². The molecule has 0 spiro atoms. The van der Waals surface area contributed by atoms with E-state index in [9.17, 15) is 18.7 Å². The van der Waals surface area contributed by atoms with Crippen molar-refractivity contribution < 1.29 is 28.2 Å². The van der Waals surface area contributed by atoms with E-state index in [0.29, 0.717) is 17.9 Å². The molecule has 0 fully saturated rings. The van der Waals surface area contributed by atoms with Gasteiger partial charge in [0.2, 0.25) is 0 Å². The van der Waals surface area contributed by atoms with Crippen molar-refractivity contribution in [3.8, 4) is 5.75 Å². The zero-order valence-electron chi connectivity index (χ0n) is 17.4. The Kier molecular flexibility index (Phi) is 7.54. The molecule has 2 aromatic heterocycles. The Labute approximate surface area is 178 Å². The standard InChI is InChI=1S/C22H25F2N3O4/c1-3-10-30-12-15(11-28)26-22(29)20-14(2)25-21-19(8-5-9-27(20)21)31-13-16-17(23)6-4-7-18(16)24/h4-9,15,28H,3,10-13H2,1-2H3,(H,26,29). The van der Waals surface area contributed by atoms with E-state index in [-0.39, 0.29) is 36.8 Å². The topological polar surface area (TPSA) is 85.1 Å². The van der Waals surface area contributed by atoms with Crippen LogP contribution in [-0.2, 0) is 11.3 Å². The lowest BCUT2D eigenvalue weighted by Gasteiger charge is -2.16. The number of rotatable bonds is 10. The number of amides is 1. The predicted molar refractivity (Wildman–Crippen MR) is 110 cm³/mol. The van der Waals surface area contributed by atoms with Crippen LogP contribution in [-0.4, -0.2) is 46.3 Å². The largest absolute Gasteiger partial charge is 0.485 e. The number of carbonyl (C=O) groups excluding carboxylic acids is 1. The number of carbonyl (C=O) groups is 1. The third-order valence-corrected chi connectivity index (χ3v) is 4.66. The Bertz CT molecular complexity index is 1030. The van der Waals surface area contributed by atoms with Gasteiger partial charge in [-0.15, -0.1) is 0 Å². The number of nitrogens with one attached hydrogen (secondary N) is 1. The number of halogens is 2. The van der Waals surface area contributed by atoms with Gasteiger partial charge in [0.25, 0.3) is 5.91 Å². The van der Waals surface area contributed by atoms with Gasteiger partial charge in [-0.1, -0.05) is 13.0 Å². The van der Waals surface area contributed by atoms with Crippen LogP contribution < -0.4 is 10.1 Å². The molecule has 1 atom stereocenters. The fourth-order valence-electron chi connectivity index (χ4n) is 3.13. The van der Waals surface area contributed by atoms with E-state index in [0.717, 1.165) is 18.6 Å². The molecule has 0 aliphatic carbocycles. The fourth-order valence-corrected chi connectivity index (χ4v) is 3.13. The third kappa shape index (κ3) is 5.18. The average Bonchev–Trinajstić information content (AvgIpc) is 3.09. The molecular formula is C22H25F2N3O4. The zero-order chi connectivity index (χ0) is 22.4. The summed E-state index contributed by atoms with van der Waals surface area (Å²) in [6.45, 7) is 3.76. The van der Waals surface area contributed by atoms with Crippen molar-refractivity contribution in [3.05, 3.63) is 65.1 Å². The maximum Gasteiger partial charge on any atom is 0.270 e. The minimum Gasteiger partial charge on any atom is -0.485 e. The maximum absolute atomic E-state index is 13.9. The second-order valence-electron chi connectivity index (χ2n) is 7.03. The van der Waals surface area contributed by atoms with Crippen LogP contribution in [0.25, 0.3) is 5.65 Å². The Balaban J connectivity index is 1.82. The molecule has 1 amide bonds. The number of imidazole rings is 1. The van der Waals surface area contributed by atoms with Crippen molar-refractivity contribution in [2.75, 3.05) is 19.8 Å². The van der Waals surface area contributed by atoms with Crippen molar-refractivity contribution in [1.82, 2.24) is 14.7 Å². The summed E-state index contributed by atoms with van der Waals surface area (Å²) >= 11 is 0. The Hall–Kier alpha value is -3.04. The number of aliphatic hydroxyl groups is 1. The van der Waals surface area contributed by atoms with Gasteiger partial charge >= 0.3 is 0 Å². The maximum atomic E-state index is 13.9. The van der Waals surface area contributed by atoms with Crippen molar-refractivity contribution in [2.45, 2.75) is 32.9 Å². The lowest BCUT2D eigenvalue weighted by molar-refractivity contribution is 0.0728. The van der Waals surface area contributed by atoms with Crippen LogP contribution in [0.15, 0.2) is 36.5 Å². The first kappa shape index (κ1) is 22.6. The number of fused-ring (bicyclic) bond motifs is 1. The van der Waals surface area contributed by atoms with Crippen LogP contribution in [0.4, 0.5) is 8.78 Å². The Morgan fingerprint density at radius 1 is 1.26 bits per heavy atom. The highest BCUT2D eigenvalue weighted by molar-refractivity contribution is 5.95. The monoisotopic (exact) mass is 433 g/mol. The molecular weight excluding hydrogens is 408 g/mol. The quantitative estimate of drug-likeness (QED) is 0.480. The molecule has 7 nitrogen and oxygen atoms in total. The molecule has 3 aromatic rings. The van der Waals surface area contributed by atoms with E-state index >= 15 is 0 Å². The van der Waals surface area contributed by atoms with Crippen molar-refractivity contribution >= 4 is 11.6 Å². The molecule has 0 bridgehead atoms. The van der Waals surface area contributed by atoms with Gasteiger partial charge in [0.1, 0.15) is 23.9 Å². The molecule has 166 valence electrons. The van der Waals surface area contributed by atoms with Crippen LogP contribution in [0.5, 0.6) is 5.75 Å². The number of hydrogen-bond acceptors (Lipinski definition) is 5. The molecule has 0 aliphatic heterocycles. The molecule has 9 heteroatoms. The number of pyridine rings is 1. The average molecular weight is 433 g/mol. The molecule has 3 rings (SSSR count). The van der Waals surface area contributed by atoms with Crippen LogP contribution in [0.1, 0.15) is 35.1 Å². The number of aryl methyl sites for hydroxylation is 1. The molecule has 1 aromatic carbocycles. The fraction of sp³-hybridized carbons (Fsp3) is 0.364. The first-order chi connectivity index (χ1) is 15.0. The number of ether oxygens (including phenoxy) is 2. The van der Waals surface area contributed by atoms with Gasteiger partial charge < -0.3 is 19.9 Å². The lowest BCUT2D eigenvalue weighted by atomic mass is 10.2. The molecule has 31 heavy (non-hydrogen) atoms. The summed E-state index contributed by atoms with van der Waals surface area (Å²) in [7, 11) is 0. The van der Waals surface area contributed by atoms with Crippen molar-refractivity contribution in [3.63, 3.8) is 0 Å². The molecule has 0 saturated heterocycles. The number of benzene rings is 1. The summed E-state index contributed by atoms with van der Waals surface area (Å²) in [6.07, 6.45) is 2.47. The second kappa shape index (κ2) is 10.3. The number of aliphatic hydroxyl groups excluding tert-OH is 1. The van der Waals surface area contributed by atoms with Gasteiger partial charge in [0.05, 0.1) is 30.5 Å². The van der Waals surface area contributed by atoms with Crippen LogP contribution in [0.2, 0.25) is 0 Å². The zero-order valence-corrected chi connectivity index (χ0v) is 17.4. The number of hydrogen-bond donors (Lipinski definition) is 2. The summed E-state index contributed by atoms with van der Waals surface area (Å²) in [5.41, 5.74) is 0.858. The van der Waals surface area contributed by atoms with Crippen LogP contribution in [0.3, 0.4) is 0 Å². The minimum atomic E-state index is -0.702. The Morgan fingerprint density at radius 2 is 2.00 bits per heavy atom. The third-order valence-electron chi connectivity index (χ3n) is 4.66. The normalized spacial score (nSPS) is 12.2. The van der Waals surface area contributed by atoms with Gasteiger partial charge in [0.15, 0.2) is 11.4 Å². The smallest absolute Gasteiger partial charge is 0.270 e. The molecule has 0 aliphatic rings.